The van der Waals surface area contributed by atoms with Gasteiger partial charge < -0.3 is 4.12 Å². The van der Waals surface area contributed by atoms with Gasteiger partial charge in [-0.3, -0.25) is 0 Å². The maximum Gasteiger partial charge on any atom is 0.273 e. The smallest absolute Gasteiger partial charge is 0.273 e. The highest BCUT2D eigenvalue weighted by molar-refractivity contribution is 7.16. The van der Waals surface area contributed by atoms with Crippen LogP contribution in [0.2, 0.25) is 19.1 Å². The maximum atomic E-state index is 6.16. The molecule has 0 saturated heterocycles. The fraction of sp³-hybridized carbons (Fsp3) is 1.00. The summed E-state index contributed by atoms with van der Waals surface area (Å²) in [5.74, 6) is 0. The van der Waals surface area contributed by atoms with Crippen LogP contribution in [0.1, 0.15) is 110 Å². The summed E-state index contributed by atoms with van der Waals surface area (Å²) in [5, 5.41) is 0. The van der Waals surface area contributed by atoms with Crippen molar-refractivity contribution in [3.63, 3.8) is 0 Å². The van der Waals surface area contributed by atoms with Crippen LogP contribution in [0.15, 0.2) is 0 Å². The summed E-state index contributed by atoms with van der Waals surface area (Å²) in [4.78, 5) is 0. The third kappa shape index (κ3) is 22.7. The van der Waals surface area contributed by atoms with Crippen molar-refractivity contribution in [1.82, 2.24) is 0 Å². The van der Waals surface area contributed by atoms with Crippen LogP contribution in [0.3, 0.4) is 0 Å². The first-order valence-corrected chi connectivity index (χ1v) is 16.4. The van der Waals surface area contributed by atoms with Crippen LogP contribution in [0.4, 0.5) is 0 Å². The molecule has 24 heavy (non-hydrogen) atoms. The number of unbranched alkanes of at least 4 members (excludes halogenated alkanes) is 15. The first-order valence-electron chi connectivity index (χ1n) is 10.9. The predicted molar refractivity (Wildman–Crippen MR) is 117 cm³/mol. The van der Waals surface area contributed by atoms with E-state index >= 15 is 0 Å². The van der Waals surface area contributed by atoms with Gasteiger partial charge >= 0.3 is 0 Å². The van der Waals surface area contributed by atoms with E-state index in [1.807, 2.05) is 0 Å². The fourth-order valence-electron chi connectivity index (χ4n) is 3.14. The van der Waals surface area contributed by atoms with Gasteiger partial charge in [-0.25, -0.2) is 0 Å². The summed E-state index contributed by atoms with van der Waals surface area (Å²) in [7, 11) is -2.06. The predicted octanol–water partition coefficient (Wildman–Crippen LogP) is 7.71. The molecule has 0 aliphatic carbocycles. The molecule has 0 aromatic heterocycles. The van der Waals surface area contributed by atoms with E-state index in [0.717, 1.165) is 0 Å². The van der Waals surface area contributed by atoms with E-state index in [9.17, 15) is 0 Å². The Morgan fingerprint density at radius 2 is 0.958 bits per heavy atom. The Morgan fingerprint density at radius 3 is 1.29 bits per heavy atom. The van der Waals surface area contributed by atoms with E-state index in [1.165, 1.54) is 109 Å². The Balaban J connectivity index is 3.00. The molecule has 0 bridgehead atoms. The molecule has 146 valence electrons. The molecule has 0 spiro atoms. The van der Waals surface area contributed by atoms with Crippen LogP contribution >= 0.6 is 11.1 Å². The van der Waals surface area contributed by atoms with Crippen LogP contribution in [0.5, 0.6) is 0 Å². The van der Waals surface area contributed by atoms with Crippen molar-refractivity contribution in [1.29, 1.82) is 0 Å². The third-order valence-electron chi connectivity index (χ3n) is 4.69. The second-order valence-corrected chi connectivity index (χ2v) is 15.6. The summed E-state index contributed by atoms with van der Waals surface area (Å²) in [6.45, 7) is 6.45. The molecule has 0 unspecified atom stereocenters. The van der Waals surface area contributed by atoms with E-state index in [0.29, 0.717) is 0 Å². The molecule has 0 aliphatic rings. The van der Waals surface area contributed by atoms with Crippen LogP contribution in [-0.2, 0) is 4.12 Å². The third-order valence-corrected chi connectivity index (χ3v) is 10.0. The summed E-state index contributed by atoms with van der Waals surface area (Å²) in [5.41, 5.74) is 0. The number of halogens is 1. The van der Waals surface area contributed by atoms with Gasteiger partial charge in [-0.15, -0.1) is 11.1 Å². The van der Waals surface area contributed by atoms with Gasteiger partial charge in [0, 0.05) is 0 Å². The van der Waals surface area contributed by atoms with Gasteiger partial charge in [0.2, 0.25) is 0 Å². The van der Waals surface area contributed by atoms with Crippen LogP contribution < -0.4 is 0 Å². The van der Waals surface area contributed by atoms with Gasteiger partial charge in [-0.2, -0.15) is 0 Å². The largest absolute Gasteiger partial charge is 0.450 e. The zero-order valence-corrected chi connectivity index (χ0v) is 20.2. The van der Waals surface area contributed by atoms with Crippen LogP contribution in [-0.4, -0.2) is 17.4 Å². The molecule has 0 amide bonds. The van der Waals surface area contributed by atoms with Crippen molar-refractivity contribution in [3.8, 4) is 0 Å². The summed E-state index contributed by atoms with van der Waals surface area (Å²) in [6.07, 6.45) is 23.1. The number of hydrogen-bond donors (Lipinski definition) is 0. The van der Waals surface area contributed by atoms with Gasteiger partial charge in [0.25, 0.3) is 7.63 Å². The van der Waals surface area contributed by atoms with Crippen molar-refractivity contribution in [3.05, 3.63) is 0 Å². The van der Waals surface area contributed by atoms with Gasteiger partial charge in [0.15, 0.2) is 0 Å². The van der Waals surface area contributed by atoms with Gasteiger partial charge in [-0.05, 0) is 19.1 Å². The molecule has 0 atom stereocenters. The second kappa shape index (κ2) is 18.5. The molecule has 0 aliphatic heterocycles. The van der Waals surface area contributed by atoms with E-state index in [-0.39, 0.29) is 9.76 Å². The van der Waals surface area contributed by atoms with Crippen LogP contribution in [0.25, 0.3) is 0 Å². The molecular formula is C20H45ClOSi2. The topological polar surface area (TPSA) is 9.23 Å². The highest BCUT2D eigenvalue weighted by atomic mass is 35.6. The van der Waals surface area contributed by atoms with E-state index in [1.54, 1.807) is 0 Å². The molecule has 0 N–H and O–H groups in total. The highest BCUT2D eigenvalue weighted by Crippen LogP contribution is 2.14. The molecule has 0 aromatic rings. The Bertz CT molecular complexity index is 244. The molecule has 0 aromatic carbocycles. The van der Waals surface area contributed by atoms with E-state index in [2.05, 4.69) is 20.0 Å². The number of hydrogen-bond acceptors (Lipinski definition) is 1. The number of rotatable bonds is 19. The minimum atomic E-state index is -1.73. The molecule has 0 saturated carbocycles. The SMILES string of the molecule is CCCCCCCCCCCCCCCCCC[SiH2]O[Si](C)(C)Cl. The zero-order chi connectivity index (χ0) is 17.9. The molecular weight excluding hydrogens is 348 g/mol. The maximum absolute atomic E-state index is 6.16. The van der Waals surface area contributed by atoms with Crippen molar-refractivity contribution >= 4 is 28.5 Å². The lowest BCUT2D eigenvalue weighted by Gasteiger charge is -2.14. The Kier molecular flexibility index (Phi) is 19.0. The van der Waals surface area contributed by atoms with Crippen molar-refractivity contribution in [2.24, 2.45) is 0 Å². The van der Waals surface area contributed by atoms with Gasteiger partial charge in [-0.1, -0.05) is 110 Å². The minimum Gasteiger partial charge on any atom is -0.450 e. The van der Waals surface area contributed by atoms with Gasteiger partial charge in [0.1, 0.15) is 9.76 Å². The first kappa shape index (κ1) is 24.7. The average molecular weight is 393 g/mol. The minimum absolute atomic E-state index is 0.328. The quantitative estimate of drug-likeness (QED) is 0.124. The van der Waals surface area contributed by atoms with Gasteiger partial charge in [0.05, 0.1) is 0 Å². The Morgan fingerprint density at radius 1 is 0.625 bits per heavy atom. The lowest BCUT2D eigenvalue weighted by atomic mass is 10.0. The van der Waals surface area contributed by atoms with Crippen molar-refractivity contribution in [2.45, 2.75) is 129 Å². The molecule has 4 heteroatoms. The van der Waals surface area contributed by atoms with E-state index in [4.69, 9.17) is 15.2 Å². The summed E-state index contributed by atoms with van der Waals surface area (Å²) >= 11 is 6.16. The molecule has 1 nitrogen and oxygen atoms in total. The monoisotopic (exact) mass is 392 g/mol. The molecule has 0 heterocycles. The Hall–Kier alpha value is 0.684. The second-order valence-electron chi connectivity index (χ2n) is 7.87. The highest BCUT2D eigenvalue weighted by Gasteiger charge is 2.16. The Labute approximate surface area is 161 Å². The first-order chi connectivity index (χ1) is 11.6. The molecule has 0 fully saturated rings. The molecule has 0 radical (unpaired) electrons. The average Bonchev–Trinajstić information content (AvgIpc) is 2.52. The normalized spacial score (nSPS) is 12.5. The summed E-state index contributed by atoms with van der Waals surface area (Å²) in [6, 6.07) is 1.32. The fourth-order valence-corrected chi connectivity index (χ4v) is 6.91. The lowest BCUT2D eigenvalue weighted by Crippen LogP contribution is -2.24. The lowest BCUT2D eigenvalue weighted by molar-refractivity contribution is 0.530. The van der Waals surface area contributed by atoms with Crippen LogP contribution in [0, 0.1) is 0 Å². The van der Waals surface area contributed by atoms with Crippen molar-refractivity contribution < 1.29 is 4.12 Å². The molecule has 0 rings (SSSR count). The zero-order valence-electron chi connectivity index (χ0n) is 17.0. The van der Waals surface area contributed by atoms with E-state index < -0.39 is 7.63 Å². The summed E-state index contributed by atoms with van der Waals surface area (Å²) < 4.78 is 5.80. The van der Waals surface area contributed by atoms with Crippen molar-refractivity contribution in [2.75, 3.05) is 0 Å². The standard InChI is InChI=1S/C20H45ClOSi2/c1-4-5-6-7-8-9-10-11-12-13-14-15-16-17-18-19-20-23-22-24(2,3)21/h4-20,23H2,1-3H3.